The van der Waals surface area contributed by atoms with Gasteiger partial charge in [-0.25, -0.2) is 0 Å². The lowest BCUT2D eigenvalue weighted by Gasteiger charge is -2.11. The summed E-state index contributed by atoms with van der Waals surface area (Å²) < 4.78 is 0. The number of hydrogen-bond donors (Lipinski definition) is 2. The van der Waals surface area contributed by atoms with Gasteiger partial charge in [-0.3, -0.25) is 0 Å². The van der Waals surface area contributed by atoms with Crippen molar-refractivity contribution < 1.29 is 0 Å². The Balaban J connectivity index is 2.07. The van der Waals surface area contributed by atoms with Crippen LogP contribution in [0.3, 0.4) is 0 Å². The summed E-state index contributed by atoms with van der Waals surface area (Å²) in [6.45, 7) is 3.17. The smallest absolute Gasteiger partial charge is 0.0603 e. The molecule has 1 aromatic carbocycles. The van der Waals surface area contributed by atoms with E-state index in [1.54, 1.807) is 0 Å². The highest BCUT2D eigenvalue weighted by Gasteiger charge is 2.20. The predicted octanol–water partition coefficient (Wildman–Crippen LogP) is 2.40. The van der Waals surface area contributed by atoms with Gasteiger partial charge in [0, 0.05) is 6.54 Å². The van der Waals surface area contributed by atoms with E-state index in [-0.39, 0.29) is 0 Å². The Kier molecular flexibility index (Phi) is 2.13. The molecule has 1 aromatic rings. The van der Waals surface area contributed by atoms with Crippen molar-refractivity contribution in [1.82, 2.24) is 0 Å². The first-order valence-corrected chi connectivity index (χ1v) is 4.86. The highest BCUT2D eigenvalue weighted by atomic mass is 14.9. The zero-order valence-electron chi connectivity index (χ0n) is 8.01. The second-order valence-electron chi connectivity index (χ2n) is 3.86. The van der Waals surface area contributed by atoms with E-state index in [1.165, 1.54) is 18.4 Å². The van der Waals surface area contributed by atoms with Gasteiger partial charge >= 0.3 is 0 Å². The average Bonchev–Trinajstić information content (AvgIpc) is 2.87. The Morgan fingerprint density at radius 1 is 1.46 bits per heavy atom. The molecule has 0 aromatic heterocycles. The van der Waals surface area contributed by atoms with Crippen molar-refractivity contribution >= 4 is 11.4 Å². The Morgan fingerprint density at radius 3 is 2.85 bits per heavy atom. The molecule has 1 saturated carbocycles. The van der Waals surface area contributed by atoms with Crippen LogP contribution < -0.4 is 11.1 Å². The first-order valence-electron chi connectivity index (χ1n) is 4.86. The molecule has 0 aliphatic heterocycles. The highest BCUT2D eigenvalue weighted by Crippen LogP contribution is 2.30. The predicted molar refractivity (Wildman–Crippen MR) is 56.8 cm³/mol. The number of rotatable bonds is 3. The second kappa shape index (κ2) is 3.29. The number of anilines is 2. The lowest BCUT2D eigenvalue weighted by atomic mass is 10.1. The van der Waals surface area contributed by atoms with E-state index in [9.17, 15) is 0 Å². The van der Waals surface area contributed by atoms with Gasteiger partial charge in [0.25, 0.3) is 0 Å². The fourth-order valence-electron chi connectivity index (χ4n) is 1.50. The van der Waals surface area contributed by atoms with E-state index in [4.69, 9.17) is 5.73 Å². The third-order valence-corrected chi connectivity index (χ3v) is 2.57. The molecule has 0 heterocycles. The number of benzene rings is 1. The van der Waals surface area contributed by atoms with Gasteiger partial charge in [-0.2, -0.15) is 0 Å². The van der Waals surface area contributed by atoms with Gasteiger partial charge in [0.15, 0.2) is 0 Å². The van der Waals surface area contributed by atoms with Gasteiger partial charge in [-0.15, -0.1) is 0 Å². The maximum Gasteiger partial charge on any atom is 0.0603 e. The molecule has 70 valence electrons. The zero-order chi connectivity index (χ0) is 9.26. The molecule has 1 fully saturated rings. The Bertz CT molecular complexity index is 283. The summed E-state index contributed by atoms with van der Waals surface area (Å²) in [5, 5.41) is 3.42. The molecule has 2 rings (SSSR count). The van der Waals surface area contributed by atoms with Gasteiger partial charge in [-0.05, 0) is 37.3 Å². The lowest BCUT2D eigenvalue weighted by molar-refractivity contribution is 0.888. The van der Waals surface area contributed by atoms with Crippen LogP contribution in [0.5, 0.6) is 0 Å². The first-order chi connectivity index (χ1) is 6.27. The highest BCUT2D eigenvalue weighted by molar-refractivity contribution is 5.69. The van der Waals surface area contributed by atoms with Crippen molar-refractivity contribution in [3.05, 3.63) is 23.8 Å². The van der Waals surface area contributed by atoms with Crippen LogP contribution in [0.2, 0.25) is 0 Å². The molecule has 0 radical (unpaired) electrons. The third-order valence-electron chi connectivity index (χ3n) is 2.57. The van der Waals surface area contributed by atoms with Crippen LogP contribution >= 0.6 is 0 Å². The summed E-state index contributed by atoms with van der Waals surface area (Å²) in [4.78, 5) is 0. The minimum Gasteiger partial charge on any atom is -0.397 e. The molecular formula is C11H16N2. The normalized spacial score (nSPS) is 15.8. The summed E-state index contributed by atoms with van der Waals surface area (Å²) >= 11 is 0. The van der Waals surface area contributed by atoms with Crippen molar-refractivity contribution in [1.29, 1.82) is 0 Å². The second-order valence-corrected chi connectivity index (χ2v) is 3.86. The first kappa shape index (κ1) is 8.42. The van der Waals surface area contributed by atoms with Crippen LogP contribution in [-0.2, 0) is 0 Å². The van der Waals surface area contributed by atoms with E-state index >= 15 is 0 Å². The summed E-state index contributed by atoms with van der Waals surface area (Å²) in [5.74, 6) is 0.888. The lowest BCUT2D eigenvalue weighted by Crippen LogP contribution is -2.06. The maximum atomic E-state index is 5.87. The summed E-state index contributed by atoms with van der Waals surface area (Å²) in [7, 11) is 0. The summed E-state index contributed by atoms with van der Waals surface area (Å²) in [6.07, 6.45) is 2.75. The van der Waals surface area contributed by atoms with E-state index < -0.39 is 0 Å². The van der Waals surface area contributed by atoms with Crippen LogP contribution in [0.4, 0.5) is 11.4 Å². The van der Waals surface area contributed by atoms with Gasteiger partial charge in [-0.1, -0.05) is 12.1 Å². The topological polar surface area (TPSA) is 38.0 Å². The fraction of sp³-hybridized carbons (Fsp3) is 0.455. The molecule has 0 bridgehead atoms. The summed E-state index contributed by atoms with van der Waals surface area (Å²) in [5.41, 5.74) is 9.08. The van der Waals surface area contributed by atoms with Crippen molar-refractivity contribution in [2.24, 2.45) is 5.92 Å². The van der Waals surface area contributed by atoms with Crippen LogP contribution in [-0.4, -0.2) is 6.54 Å². The minimum atomic E-state index is 0.862. The van der Waals surface area contributed by atoms with Crippen LogP contribution in [0.1, 0.15) is 18.4 Å². The van der Waals surface area contributed by atoms with Gasteiger partial charge in [0.1, 0.15) is 0 Å². The fourth-order valence-corrected chi connectivity index (χ4v) is 1.50. The molecule has 2 heteroatoms. The number of aryl methyl sites for hydroxylation is 1. The largest absolute Gasteiger partial charge is 0.397 e. The van der Waals surface area contributed by atoms with E-state index in [0.717, 1.165) is 23.8 Å². The summed E-state index contributed by atoms with van der Waals surface area (Å²) in [6, 6.07) is 6.03. The number of hydrogen-bond acceptors (Lipinski definition) is 2. The minimum absolute atomic E-state index is 0.862. The average molecular weight is 176 g/mol. The van der Waals surface area contributed by atoms with Gasteiger partial charge in [0.2, 0.25) is 0 Å². The molecule has 1 aliphatic rings. The van der Waals surface area contributed by atoms with Crippen molar-refractivity contribution in [2.45, 2.75) is 19.8 Å². The Hall–Kier alpha value is -1.18. The Morgan fingerprint density at radius 2 is 2.23 bits per heavy atom. The van der Waals surface area contributed by atoms with E-state index in [1.807, 2.05) is 12.1 Å². The number of nitrogens with two attached hydrogens (primary N) is 1. The van der Waals surface area contributed by atoms with E-state index in [2.05, 4.69) is 18.3 Å². The Labute approximate surface area is 79.1 Å². The van der Waals surface area contributed by atoms with E-state index in [0.29, 0.717) is 0 Å². The molecule has 0 amide bonds. The van der Waals surface area contributed by atoms with Crippen molar-refractivity contribution in [2.75, 3.05) is 17.6 Å². The molecular weight excluding hydrogens is 160 g/mol. The van der Waals surface area contributed by atoms with Crippen LogP contribution in [0, 0.1) is 12.8 Å². The number of para-hydroxylation sites is 1. The van der Waals surface area contributed by atoms with Crippen molar-refractivity contribution in [3.8, 4) is 0 Å². The third kappa shape index (κ3) is 1.94. The quantitative estimate of drug-likeness (QED) is 0.694. The molecule has 3 N–H and O–H groups in total. The monoisotopic (exact) mass is 176 g/mol. The molecule has 0 unspecified atom stereocenters. The molecule has 1 aliphatic carbocycles. The number of nitrogens with one attached hydrogen (secondary N) is 1. The van der Waals surface area contributed by atoms with Gasteiger partial charge in [0.05, 0.1) is 11.4 Å². The van der Waals surface area contributed by atoms with Crippen LogP contribution in [0.25, 0.3) is 0 Å². The standard InChI is InChI=1S/C11H16N2/c1-8-3-2-4-10(12)11(8)13-7-9-5-6-9/h2-4,9,13H,5-7,12H2,1H3. The van der Waals surface area contributed by atoms with Crippen molar-refractivity contribution in [3.63, 3.8) is 0 Å². The molecule has 0 saturated heterocycles. The molecule has 0 atom stereocenters. The zero-order valence-corrected chi connectivity index (χ0v) is 8.01. The van der Waals surface area contributed by atoms with Crippen LogP contribution in [0.15, 0.2) is 18.2 Å². The molecule has 2 nitrogen and oxygen atoms in total. The van der Waals surface area contributed by atoms with Gasteiger partial charge < -0.3 is 11.1 Å². The molecule has 0 spiro atoms. The maximum absolute atomic E-state index is 5.87. The SMILES string of the molecule is Cc1cccc(N)c1NCC1CC1. The molecule has 13 heavy (non-hydrogen) atoms. The number of nitrogen functional groups attached to an aromatic ring is 1.